The lowest BCUT2D eigenvalue weighted by Gasteiger charge is -2.17. The molecule has 130 valence electrons. The van der Waals surface area contributed by atoms with Crippen LogP contribution in [0, 0.1) is 0 Å². The number of nitrogens with zero attached hydrogens (tertiary/aromatic N) is 4. The zero-order valence-electron chi connectivity index (χ0n) is 13.1. The van der Waals surface area contributed by atoms with Crippen LogP contribution in [0.4, 0.5) is 5.82 Å². The summed E-state index contributed by atoms with van der Waals surface area (Å²) in [7, 11) is 0. The number of carboxylic acid groups (broad SMARTS) is 1. The van der Waals surface area contributed by atoms with Crippen LogP contribution in [0.1, 0.15) is 23.2 Å². The standard InChI is InChI=1S/C16H14N4O3S.ClH/c21-13-10-3-4-12(19-6-1-2-7-19)18-14(10)20(9-11(13)15(22)23)16-17-5-8-24-16;/h3-5,8-9H,1-2,6-7H2,(H,22,23);1H. The first kappa shape index (κ1) is 17.4. The summed E-state index contributed by atoms with van der Waals surface area (Å²) in [6, 6.07) is 3.45. The van der Waals surface area contributed by atoms with Gasteiger partial charge in [-0.15, -0.1) is 23.7 Å². The van der Waals surface area contributed by atoms with Gasteiger partial charge in [0.2, 0.25) is 5.43 Å². The fraction of sp³-hybridized carbons (Fsp3) is 0.250. The highest BCUT2D eigenvalue weighted by atomic mass is 35.5. The molecule has 0 spiro atoms. The molecule has 1 aliphatic rings. The fourth-order valence-corrected chi connectivity index (χ4v) is 3.57. The molecule has 1 N–H and O–H groups in total. The highest BCUT2D eigenvalue weighted by molar-refractivity contribution is 7.12. The third-order valence-corrected chi connectivity index (χ3v) is 4.89. The number of rotatable bonds is 3. The minimum Gasteiger partial charge on any atom is -0.477 e. The van der Waals surface area contributed by atoms with Gasteiger partial charge in [0.15, 0.2) is 10.8 Å². The van der Waals surface area contributed by atoms with Crippen LogP contribution in [0.2, 0.25) is 0 Å². The quantitative estimate of drug-likeness (QED) is 0.753. The van der Waals surface area contributed by atoms with E-state index in [0.29, 0.717) is 10.8 Å². The Morgan fingerprint density at radius 1 is 1.24 bits per heavy atom. The van der Waals surface area contributed by atoms with Crippen LogP contribution in [0.25, 0.3) is 16.2 Å². The first-order chi connectivity index (χ1) is 11.6. The maximum atomic E-state index is 12.5. The van der Waals surface area contributed by atoms with Gasteiger partial charge in [-0.3, -0.25) is 9.36 Å². The predicted molar refractivity (Wildman–Crippen MR) is 98.7 cm³/mol. The van der Waals surface area contributed by atoms with E-state index in [1.165, 1.54) is 17.5 Å². The predicted octanol–water partition coefficient (Wildman–Crippen LogP) is 2.56. The van der Waals surface area contributed by atoms with Gasteiger partial charge in [-0.05, 0) is 25.0 Å². The minimum absolute atomic E-state index is 0. The summed E-state index contributed by atoms with van der Waals surface area (Å²) in [6.07, 6.45) is 5.19. The molecule has 1 fully saturated rings. The molecule has 3 aromatic heterocycles. The number of thiazole rings is 1. The summed E-state index contributed by atoms with van der Waals surface area (Å²) < 4.78 is 1.59. The molecule has 0 amide bonds. The van der Waals surface area contributed by atoms with E-state index in [9.17, 15) is 14.7 Å². The Bertz CT molecular complexity index is 981. The summed E-state index contributed by atoms with van der Waals surface area (Å²) in [6.45, 7) is 1.88. The Kier molecular flexibility index (Phi) is 4.73. The Labute approximate surface area is 153 Å². The number of hydrogen-bond acceptors (Lipinski definition) is 6. The van der Waals surface area contributed by atoms with E-state index in [-0.39, 0.29) is 23.4 Å². The van der Waals surface area contributed by atoms with Crippen LogP contribution in [0.3, 0.4) is 0 Å². The maximum Gasteiger partial charge on any atom is 0.341 e. The number of anilines is 1. The van der Waals surface area contributed by atoms with Crippen molar-refractivity contribution < 1.29 is 9.90 Å². The molecule has 4 heterocycles. The molecule has 1 saturated heterocycles. The van der Waals surface area contributed by atoms with Gasteiger partial charge < -0.3 is 10.0 Å². The fourth-order valence-electron chi connectivity index (χ4n) is 2.95. The Morgan fingerprint density at radius 2 is 2.00 bits per heavy atom. The van der Waals surface area contributed by atoms with Gasteiger partial charge in [0.1, 0.15) is 11.4 Å². The van der Waals surface area contributed by atoms with Gasteiger partial charge in [-0.25, -0.2) is 14.8 Å². The van der Waals surface area contributed by atoms with E-state index < -0.39 is 11.4 Å². The van der Waals surface area contributed by atoms with Crippen molar-refractivity contribution in [2.24, 2.45) is 0 Å². The molecule has 7 nitrogen and oxygen atoms in total. The second-order valence-corrected chi connectivity index (χ2v) is 6.47. The molecule has 0 bridgehead atoms. The molecule has 9 heteroatoms. The molecular weight excluding hydrogens is 364 g/mol. The molecule has 4 rings (SSSR count). The smallest absolute Gasteiger partial charge is 0.341 e. The van der Waals surface area contributed by atoms with Gasteiger partial charge in [0, 0.05) is 30.9 Å². The highest BCUT2D eigenvalue weighted by Crippen LogP contribution is 2.23. The van der Waals surface area contributed by atoms with E-state index in [4.69, 9.17) is 0 Å². The third-order valence-electron chi connectivity index (χ3n) is 4.12. The van der Waals surface area contributed by atoms with Crippen molar-refractivity contribution in [3.63, 3.8) is 0 Å². The average molecular weight is 379 g/mol. The van der Waals surface area contributed by atoms with Crippen molar-refractivity contribution in [2.45, 2.75) is 12.8 Å². The topological polar surface area (TPSA) is 88.3 Å². The summed E-state index contributed by atoms with van der Waals surface area (Å²) in [5.41, 5.74) is -0.372. The lowest BCUT2D eigenvalue weighted by Crippen LogP contribution is -2.22. The average Bonchev–Trinajstić information content (AvgIpc) is 3.28. The van der Waals surface area contributed by atoms with Crippen LogP contribution in [-0.2, 0) is 0 Å². The lowest BCUT2D eigenvalue weighted by molar-refractivity contribution is 0.0695. The zero-order valence-corrected chi connectivity index (χ0v) is 14.7. The normalized spacial score (nSPS) is 13.8. The number of pyridine rings is 2. The zero-order chi connectivity index (χ0) is 16.7. The van der Waals surface area contributed by atoms with E-state index in [1.807, 2.05) is 0 Å². The molecule has 25 heavy (non-hydrogen) atoms. The summed E-state index contributed by atoms with van der Waals surface area (Å²) in [4.78, 5) is 34.9. The van der Waals surface area contributed by atoms with Crippen molar-refractivity contribution in [2.75, 3.05) is 18.0 Å². The second-order valence-electron chi connectivity index (χ2n) is 5.60. The van der Waals surface area contributed by atoms with Crippen LogP contribution in [0.5, 0.6) is 0 Å². The number of carbonyl (C=O) groups is 1. The van der Waals surface area contributed by atoms with E-state index in [2.05, 4.69) is 14.9 Å². The first-order valence-electron chi connectivity index (χ1n) is 7.59. The number of aromatic nitrogens is 3. The largest absolute Gasteiger partial charge is 0.477 e. The second kappa shape index (κ2) is 6.81. The molecular formula is C16H15ClN4O3S. The van der Waals surface area contributed by atoms with Gasteiger partial charge in [-0.2, -0.15) is 0 Å². The SMILES string of the molecule is Cl.O=C(O)c1cn(-c2nccs2)c2nc(N3CCCC3)ccc2c1=O. The minimum atomic E-state index is -1.25. The third kappa shape index (κ3) is 2.98. The van der Waals surface area contributed by atoms with Crippen molar-refractivity contribution in [3.05, 3.63) is 45.7 Å². The summed E-state index contributed by atoms with van der Waals surface area (Å²) in [5, 5.41) is 12.0. The van der Waals surface area contributed by atoms with Crippen LogP contribution in [-0.4, -0.2) is 38.7 Å². The number of aromatic carboxylic acids is 1. The van der Waals surface area contributed by atoms with Crippen molar-refractivity contribution in [1.82, 2.24) is 14.5 Å². The number of hydrogen-bond donors (Lipinski definition) is 1. The van der Waals surface area contributed by atoms with Crippen molar-refractivity contribution in [3.8, 4) is 5.13 Å². The Morgan fingerprint density at radius 3 is 2.64 bits per heavy atom. The molecule has 0 radical (unpaired) electrons. The van der Waals surface area contributed by atoms with Crippen LogP contribution < -0.4 is 10.3 Å². The summed E-state index contributed by atoms with van der Waals surface area (Å²) in [5.74, 6) is -0.455. The lowest BCUT2D eigenvalue weighted by atomic mass is 10.2. The van der Waals surface area contributed by atoms with Crippen molar-refractivity contribution >= 4 is 46.6 Å². The Hall–Kier alpha value is -2.45. The van der Waals surface area contributed by atoms with Gasteiger partial charge in [0.25, 0.3) is 0 Å². The molecule has 0 unspecified atom stereocenters. The number of fused-ring (bicyclic) bond motifs is 1. The molecule has 0 atom stereocenters. The molecule has 3 aromatic rings. The molecule has 0 aliphatic carbocycles. The molecule has 0 saturated carbocycles. The van der Waals surface area contributed by atoms with E-state index >= 15 is 0 Å². The van der Waals surface area contributed by atoms with Gasteiger partial charge >= 0.3 is 5.97 Å². The monoisotopic (exact) mass is 378 g/mol. The summed E-state index contributed by atoms with van der Waals surface area (Å²) >= 11 is 1.36. The first-order valence-corrected chi connectivity index (χ1v) is 8.47. The van der Waals surface area contributed by atoms with Crippen LogP contribution in [0.15, 0.2) is 34.7 Å². The van der Waals surface area contributed by atoms with E-state index in [1.54, 1.807) is 28.3 Å². The molecule has 0 aromatic carbocycles. The maximum absolute atomic E-state index is 12.5. The van der Waals surface area contributed by atoms with E-state index in [0.717, 1.165) is 31.7 Å². The van der Waals surface area contributed by atoms with Gasteiger partial charge in [0.05, 0.1) is 5.39 Å². The number of halogens is 1. The van der Waals surface area contributed by atoms with Crippen LogP contribution >= 0.6 is 23.7 Å². The van der Waals surface area contributed by atoms with Gasteiger partial charge in [-0.1, -0.05) is 0 Å². The highest BCUT2D eigenvalue weighted by Gasteiger charge is 2.19. The Balaban J connectivity index is 0.00000182. The number of carboxylic acids is 1. The van der Waals surface area contributed by atoms with Crippen molar-refractivity contribution in [1.29, 1.82) is 0 Å². The molecule has 1 aliphatic heterocycles.